The molecule has 3 nitrogen and oxygen atoms in total. The van der Waals surface area contributed by atoms with E-state index in [0.29, 0.717) is 11.8 Å². The Morgan fingerprint density at radius 1 is 1.50 bits per heavy atom. The van der Waals surface area contributed by atoms with Crippen molar-refractivity contribution in [3.8, 4) is 0 Å². The molecule has 0 aromatic heterocycles. The van der Waals surface area contributed by atoms with Crippen molar-refractivity contribution in [1.29, 1.82) is 0 Å². The molecule has 0 unspecified atom stereocenters. The summed E-state index contributed by atoms with van der Waals surface area (Å²) in [6, 6.07) is 0.244. The molecular weight excluding hydrogens is 176 g/mol. The lowest BCUT2D eigenvalue weighted by atomic mass is 9.87. The quantitative estimate of drug-likeness (QED) is 0.618. The van der Waals surface area contributed by atoms with Gasteiger partial charge in [-0.2, -0.15) is 0 Å². The largest absolute Gasteiger partial charge is 0.314 e. The molecule has 1 aliphatic heterocycles. The van der Waals surface area contributed by atoms with Gasteiger partial charge in [-0.15, -0.1) is 0 Å². The summed E-state index contributed by atoms with van der Waals surface area (Å²) in [5.74, 6) is 2.17. The molecule has 1 amide bonds. The Hall–Kier alpha value is -1.12. The Bertz CT molecular complexity index is 345. The molecule has 74 valence electrons. The summed E-state index contributed by atoms with van der Waals surface area (Å²) in [5, 5.41) is 2.90. The number of carbonyl (C=O) groups excluding carboxylic acids is 1. The molecule has 1 saturated carbocycles. The topological polar surface area (TPSA) is 41.5 Å². The molecule has 14 heavy (non-hydrogen) atoms. The number of nitrogens with zero attached hydrogens (tertiary/aromatic N) is 1. The third kappa shape index (κ3) is 0.925. The molecule has 3 rings (SSSR count). The molecule has 0 aromatic carbocycles. The van der Waals surface area contributed by atoms with Crippen LogP contribution in [0.3, 0.4) is 0 Å². The third-order valence-corrected chi connectivity index (χ3v) is 3.63. The molecule has 0 saturated heterocycles. The lowest BCUT2D eigenvalue weighted by Crippen LogP contribution is -2.47. The monoisotopic (exact) mass is 190 g/mol. The number of aliphatic imine (C=N–C) groups is 1. The van der Waals surface area contributed by atoms with E-state index in [1.807, 2.05) is 6.92 Å². The van der Waals surface area contributed by atoms with E-state index in [1.54, 1.807) is 0 Å². The van der Waals surface area contributed by atoms with Crippen LogP contribution in [0.15, 0.2) is 17.1 Å². The summed E-state index contributed by atoms with van der Waals surface area (Å²) in [6.07, 6.45) is 6.39. The van der Waals surface area contributed by atoms with Crippen LogP contribution in [0, 0.1) is 17.8 Å². The SMILES string of the molecule is CCC1=N[C@H]2[C@@H](C(=O)N1)[C@@H]1C=C[C@H]2C1. The summed E-state index contributed by atoms with van der Waals surface area (Å²) < 4.78 is 0. The highest BCUT2D eigenvalue weighted by atomic mass is 16.2. The maximum absolute atomic E-state index is 11.8. The van der Waals surface area contributed by atoms with E-state index in [0.717, 1.165) is 18.7 Å². The van der Waals surface area contributed by atoms with E-state index < -0.39 is 0 Å². The Morgan fingerprint density at radius 3 is 3.07 bits per heavy atom. The number of carbonyl (C=O) groups is 1. The minimum Gasteiger partial charge on any atom is -0.314 e. The number of amidine groups is 1. The van der Waals surface area contributed by atoms with Crippen LogP contribution in [0.2, 0.25) is 0 Å². The molecule has 0 radical (unpaired) electrons. The normalized spacial score (nSPS) is 43.5. The zero-order valence-corrected chi connectivity index (χ0v) is 8.23. The minimum atomic E-state index is 0.125. The number of rotatable bonds is 1. The Labute approximate surface area is 83.3 Å². The smallest absolute Gasteiger partial charge is 0.231 e. The van der Waals surface area contributed by atoms with Crippen molar-refractivity contribution in [2.24, 2.45) is 22.7 Å². The van der Waals surface area contributed by atoms with E-state index in [9.17, 15) is 4.79 Å². The minimum absolute atomic E-state index is 0.125. The third-order valence-electron chi connectivity index (χ3n) is 3.63. The van der Waals surface area contributed by atoms with Crippen molar-refractivity contribution >= 4 is 11.7 Å². The molecule has 0 spiro atoms. The van der Waals surface area contributed by atoms with E-state index in [-0.39, 0.29) is 17.9 Å². The van der Waals surface area contributed by atoms with Gasteiger partial charge >= 0.3 is 0 Å². The summed E-state index contributed by atoms with van der Waals surface area (Å²) in [5.41, 5.74) is 0. The molecule has 0 aromatic rings. The van der Waals surface area contributed by atoms with Gasteiger partial charge in [-0.1, -0.05) is 19.1 Å². The van der Waals surface area contributed by atoms with Crippen LogP contribution in [0.5, 0.6) is 0 Å². The standard InChI is InChI=1S/C11H14N2O/c1-2-8-12-10-7-4-3-6(5-7)9(10)11(14)13-8/h3-4,6-7,9-10H,2,5H2,1H3,(H,12,13,14)/t6-,7+,9+,10-/m1/s1. The fourth-order valence-corrected chi connectivity index (χ4v) is 2.94. The molecule has 2 bridgehead atoms. The number of hydrogen-bond donors (Lipinski definition) is 1. The van der Waals surface area contributed by atoms with Gasteiger partial charge in [0.1, 0.15) is 5.84 Å². The molecule has 3 aliphatic rings. The van der Waals surface area contributed by atoms with Crippen molar-refractivity contribution in [3.05, 3.63) is 12.2 Å². The molecule has 1 N–H and O–H groups in total. The first kappa shape index (κ1) is 8.21. The van der Waals surface area contributed by atoms with Crippen LogP contribution in [-0.4, -0.2) is 17.8 Å². The van der Waals surface area contributed by atoms with Gasteiger partial charge in [-0.3, -0.25) is 9.79 Å². The average Bonchev–Trinajstić information content (AvgIpc) is 2.77. The first-order valence-corrected chi connectivity index (χ1v) is 5.35. The van der Waals surface area contributed by atoms with E-state index in [1.165, 1.54) is 0 Å². The van der Waals surface area contributed by atoms with Gasteiger partial charge in [0.05, 0.1) is 12.0 Å². The van der Waals surface area contributed by atoms with Crippen LogP contribution in [-0.2, 0) is 4.79 Å². The summed E-state index contributed by atoms with van der Waals surface area (Å²) >= 11 is 0. The maximum Gasteiger partial charge on any atom is 0.231 e. The number of nitrogens with one attached hydrogen (secondary N) is 1. The number of hydrogen-bond acceptors (Lipinski definition) is 2. The predicted molar refractivity (Wildman–Crippen MR) is 53.9 cm³/mol. The van der Waals surface area contributed by atoms with Crippen molar-refractivity contribution < 1.29 is 4.79 Å². The van der Waals surface area contributed by atoms with Crippen LogP contribution in [0.25, 0.3) is 0 Å². The van der Waals surface area contributed by atoms with Gasteiger partial charge in [-0.25, -0.2) is 0 Å². The van der Waals surface area contributed by atoms with Gasteiger partial charge in [0.2, 0.25) is 5.91 Å². The van der Waals surface area contributed by atoms with Crippen molar-refractivity contribution in [3.63, 3.8) is 0 Å². The zero-order valence-electron chi connectivity index (χ0n) is 8.23. The predicted octanol–water partition coefficient (Wildman–Crippen LogP) is 1.12. The van der Waals surface area contributed by atoms with Gasteiger partial charge < -0.3 is 5.32 Å². The second-order valence-corrected chi connectivity index (χ2v) is 4.38. The highest BCUT2D eigenvalue weighted by Gasteiger charge is 2.50. The fourth-order valence-electron chi connectivity index (χ4n) is 2.94. The Kier molecular flexibility index (Phi) is 1.58. The second-order valence-electron chi connectivity index (χ2n) is 4.38. The molecule has 3 heteroatoms. The Morgan fingerprint density at radius 2 is 2.29 bits per heavy atom. The van der Waals surface area contributed by atoms with Crippen LogP contribution in [0.4, 0.5) is 0 Å². The van der Waals surface area contributed by atoms with Gasteiger partial charge in [-0.05, 0) is 12.3 Å². The second kappa shape index (κ2) is 2.69. The van der Waals surface area contributed by atoms with Crippen molar-refractivity contribution in [2.75, 3.05) is 0 Å². The molecule has 2 aliphatic carbocycles. The number of fused-ring (bicyclic) bond motifs is 5. The summed E-state index contributed by atoms with van der Waals surface area (Å²) in [4.78, 5) is 16.4. The highest BCUT2D eigenvalue weighted by molar-refractivity contribution is 6.01. The van der Waals surface area contributed by atoms with Crippen molar-refractivity contribution in [1.82, 2.24) is 5.32 Å². The fraction of sp³-hybridized carbons (Fsp3) is 0.636. The van der Waals surface area contributed by atoms with E-state index in [4.69, 9.17) is 0 Å². The molecule has 1 heterocycles. The van der Waals surface area contributed by atoms with Crippen LogP contribution < -0.4 is 5.32 Å². The first-order chi connectivity index (χ1) is 6.79. The number of allylic oxidation sites excluding steroid dienone is 1. The number of amides is 1. The lowest BCUT2D eigenvalue weighted by molar-refractivity contribution is -0.125. The lowest BCUT2D eigenvalue weighted by Gasteiger charge is -2.29. The Balaban J connectivity index is 1.99. The molecule has 1 fully saturated rings. The molecule has 4 atom stereocenters. The maximum atomic E-state index is 11.8. The summed E-state index contributed by atoms with van der Waals surface area (Å²) in [6.45, 7) is 2.03. The first-order valence-electron chi connectivity index (χ1n) is 5.35. The van der Waals surface area contributed by atoms with Gasteiger partial charge in [0.25, 0.3) is 0 Å². The molecular formula is C11H14N2O. The van der Waals surface area contributed by atoms with E-state index in [2.05, 4.69) is 22.5 Å². The highest BCUT2D eigenvalue weighted by Crippen LogP contribution is 2.46. The van der Waals surface area contributed by atoms with Crippen LogP contribution >= 0.6 is 0 Å². The van der Waals surface area contributed by atoms with Gasteiger partial charge in [0, 0.05) is 12.3 Å². The van der Waals surface area contributed by atoms with E-state index >= 15 is 0 Å². The van der Waals surface area contributed by atoms with Crippen LogP contribution in [0.1, 0.15) is 19.8 Å². The average molecular weight is 190 g/mol. The summed E-state index contributed by atoms with van der Waals surface area (Å²) in [7, 11) is 0. The van der Waals surface area contributed by atoms with Crippen molar-refractivity contribution in [2.45, 2.75) is 25.8 Å². The van der Waals surface area contributed by atoms with Gasteiger partial charge in [0.15, 0.2) is 0 Å². The zero-order chi connectivity index (χ0) is 9.71.